The van der Waals surface area contributed by atoms with E-state index in [0.717, 1.165) is 19.2 Å². The van der Waals surface area contributed by atoms with Crippen LogP contribution in [0.3, 0.4) is 0 Å². The van der Waals surface area contributed by atoms with Gasteiger partial charge in [-0.05, 0) is 40.8 Å². The standard InChI is InChI=1S/C9H6ClIOS/c10-4-7-6-3-5(11)1-2-8(6)13-9(7)12/h1-3,12H,4H2. The maximum atomic E-state index is 9.56. The van der Waals surface area contributed by atoms with Crippen molar-refractivity contribution in [1.82, 2.24) is 0 Å². The number of hydrogen-bond acceptors (Lipinski definition) is 2. The van der Waals surface area contributed by atoms with Crippen molar-refractivity contribution in [3.8, 4) is 5.06 Å². The van der Waals surface area contributed by atoms with Gasteiger partial charge in [0.2, 0.25) is 0 Å². The molecule has 1 nitrogen and oxygen atoms in total. The second-order valence-corrected chi connectivity index (χ2v) is 5.20. The molecule has 1 N–H and O–H groups in total. The zero-order chi connectivity index (χ0) is 9.42. The smallest absolute Gasteiger partial charge is 0.176 e. The van der Waals surface area contributed by atoms with E-state index in [0.29, 0.717) is 10.9 Å². The first kappa shape index (κ1) is 9.55. The van der Waals surface area contributed by atoms with E-state index in [2.05, 4.69) is 22.6 Å². The minimum Gasteiger partial charge on any atom is -0.499 e. The first-order valence-corrected chi connectivity index (χ1v) is 6.11. The van der Waals surface area contributed by atoms with Crippen molar-refractivity contribution >= 4 is 55.6 Å². The summed E-state index contributed by atoms with van der Waals surface area (Å²) in [4.78, 5) is 0. The summed E-state index contributed by atoms with van der Waals surface area (Å²) in [6, 6.07) is 6.08. The van der Waals surface area contributed by atoms with E-state index in [-0.39, 0.29) is 0 Å². The number of rotatable bonds is 1. The fourth-order valence-electron chi connectivity index (χ4n) is 1.24. The van der Waals surface area contributed by atoms with Crippen molar-refractivity contribution < 1.29 is 5.11 Å². The summed E-state index contributed by atoms with van der Waals surface area (Å²) in [5.74, 6) is 0.367. The summed E-state index contributed by atoms with van der Waals surface area (Å²) in [6.45, 7) is 0. The van der Waals surface area contributed by atoms with Crippen LogP contribution in [0, 0.1) is 3.57 Å². The third-order valence-electron chi connectivity index (χ3n) is 1.87. The molecular formula is C9H6ClIOS. The zero-order valence-electron chi connectivity index (χ0n) is 6.55. The summed E-state index contributed by atoms with van der Waals surface area (Å²) in [5.41, 5.74) is 0.847. The molecule has 0 saturated carbocycles. The minimum atomic E-state index is 0.340. The molecule has 0 atom stereocenters. The monoisotopic (exact) mass is 324 g/mol. The van der Waals surface area contributed by atoms with Gasteiger partial charge in [0.1, 0.15) is 0 Å². The Morgan fingerprint density at radius 1 is 1.46 bits per heavy atom. The van der Waals surface area contributed by atoms with Crippen LogP contribution < -0.4 is 0 Å². The molecule has 1 aromatic heterocycles. The van der Waals surface area contributed by atoms with Crippen LogP contribution in [-0.4, -0.2) is 5.11 Å². The summed E-state index contributed by atoms with van der Waals surface area (Å²) < 4.78 is 2.25. The Bertz CT molecular complexity index is 452. The second kappa shape index (κ2) is 3.63. The summed E-state index contributed by atoms with van der Waals surface area (Å²) in [7, 11) is 0. The number of alkyl halides is 1. The molecule has 4 heteroatoms. The molecule has 0 bridgehead atoms. The molecule has 13 heavy (non-hydrogen) atoms. The molecule has 0 aliphatic rings. The highest BCUT2D eigenvalue weighted by Crippen LogP contribution is 2.38. The van der Waals surface area contributed by atoms with Gasteiger partial charge >= 0.3 is 0 Å². The average molecular weight is 325 g/mol. The largest absolute Gasteiger partial charge is 0.499 e. The Hall–Kier alpha value is -0.0000000000000000555. The fourth-order valence-corrected chi connectivity index (χ4v) is 3.02. The molecule has 0 radical (unpaired) electrons. The quantitative estimate of drug-likeness (QED) is 0.622. The molecule has 0 amide bonds. The normalized spacial score (nSPS) is 10.9. The SMILES string of the molecule is Oc1sc2ccc(I)cc2c1CCl. The molecule has 2 aromatic rings. The van der Waals surface area contributed by atoms with Gasteiger partial charge in [-0.25, -0.2) is 0 Å². The molecule has 68 valence electrons. The number of hydrogen-bond donors (Lipinski definition) is 1. The number of aromatic hydroxyl groups is 1. The summed E-state index contributed by atoms with van der Waals surface area (Å²) in [5, 5.41) is 11.0. The number of fused-ring (bicyclic) bond motifs is 1. The van der Waals surface area contributed by atoms with Crippen molar-refractivity contribution in [2.75, 3.05) is 0 Å². The fraction of sp³-hybridized carbons (Fsp3) is 0.111. The van der Waals surface area contributed by atoms with E-state index < -0.39 is 0 Å². The highest BCUT2D eigenvalue weighted by atomic mass is 127. The van der Waals surface area contributed by atoms with Gasteiger partial charge in [0.15, 0.2) is 5.06 Å². The predicted octanol–water partition coefficient (Wildman–Crippen LogP) is 3.95. The first-order chi connectivity index (χ1) is 6.22. The summed E-state index contributed by atoms with van der Waals surface area (Å²) in [6.07, 6.45) is 0. The molecule has 0 saturated heterocycles. The van der Waals surface area contributed by atoms with Crippen LogP contribution >= 0.6 is 45.5 Å². The van der Waals surface area contributed by atoms with Crippen LogP contribution in [0.5, 0.6) is 5.06 Å². The molecule has 0 aliphatic carbocycles. The molecule has 1 heterocycles. The Kier molecular flexibility index (Phi) is 2.67. The third-order valence-corrected chi connectivity index (χ3v) is 3.82. The van der Waals surface area contributed by atoms with Crippen LogP contribution in [0.4, 0.5) is 0 Å². The number of benzene rings is 1. The van der Waals surface area contributed by atoms with Crippen molar-refractivity contribution in [2.45, 2.75) is 5.88 Å². The average Bonchev–Trinajstić information content (AvgIpc) is 2.40. The van der Waals surface area contributed by atoms with Crippen LogP contribution in [0.1, 0.15) is 5.56 Å². The molecule has 1 aromatic carbocycles. The highest BCUT2D eigenvalue weighted by Gasteiger charge is 2.09. The van der Waals surface area contributed by atoms with Gasteiger partial charge < -0.3 is 5.11 Å². The molecule has 2 rings (SSSR count). The minimum absolute atomic E-state index is 0.340. The maximum absolute atomic E-state index is 9.56. The van der Waals surface area contributed by atoms with Crippen LogP contribution in [0.2, 0.25) is 0 Å². The topological polar surface area (TPSA) is 20.2 Å². The van der Waals surface area contributed by atoms with Gasteiger partial charge in [-0.15, -0.1) is 11.6 Å². The van der Waals surface area contributed by atoms with E-state index in [1.807, 2.05) is 18.2 Å². The van der Waals surface area contributed by atoms with Gasteiger partial charge in [0.25, 0.3) is 0 Å². The highest BCUT2D eigenvalue weighted by molar-refractivity contribution is 14.1. The molecule has 0 fully saturated rings. The first-order valence-electron chi connectivity index (χ1n) is 3.68. The Morgan fingerprint density at radius 2 is 2.23 bits per heavy atom. The lowest BCUT2D eigenvalue weighted by atomic mass is 10.2. The zero-order valence-corrected chi connectivity index (χ0v) is 10.3. The number of thiophene rings is 1. The lowest BCUT2D eigenvalue weighted by Crippen LogP contribution is -1.75. The van der Waals surface area contributed by atoms with Gasteiger partial charge in [-0.1, -0.05) is 11.3 Å². The van der Waals surface area contributed by atoms with Crippen LogP contribution in [0.25, 0.3) is 10.1 Å². The lowest BCUT2D eigenvalue weighted by molar-refractivity contribution is 0.487. The van der Waals surface area contributed by atoms with Crippen molar-refractivity contribution in [3.63, 3.8) is 0 Å². The van der Waals surface area contributed by atoms with E-state index in [1.165, 1.54) is 11.3 Å². The Balaban J connectivity index is 2.80. The van der Waals surface area contributed by atoms with Crippen molar-refractivity contribution in [1.29, 1.82) is 0 Å². The van der Waals surface area contributed by atoms with E-state index in [1.54, 1.807) is 0 Å². The van der Waals surface area contributed by atoms with E-state index in [9.17, 15) is 5.11 Å². The summed E-state index contributed by atoms with van der Waals surface area (Å²) >= 11 is 9.38. The van der Waals surface area contributed by atoms with Crippen LogP contribution in [-0.2, 0) is 5.88 Å². The van der Waals surface area contributed by atoms with Gasteiger partial charge in [0, 0.05) is 19.2 Å². The molecule has 0 spiro atoms. The molecular weight excluding hydrogens is 319 g/mol. The lowest BCUT2D eigenvalue weighted by Gasteiger charge is -1.94. The molecule has 0 unspecified atom stereocenters. The Labute approximate surface area is 98.5 Å². The van der Waals surface area contributed by atoms with Crippen molar-refractivity contribution in [3.05, 3.63) is 27.3 Å². The van der Waals surface area contributed by atoms with Crippen molar-refractivity contribution in [2.24, 2.45) is 0 Å². The van der Waals surface area contributed by atoms with E-state index >= 15 is 0 Å². The van der Waals surface area contributed by atoms with E-state index in [4.69, 9.17) is 11.6 Å². The third kappa shape index (κ3) is 1.65. The molecule has 0 aliphatic heterocycles. The van der Waals surface area contributed by atoms with Gasteiger partial charge in [-0.3, -0.25) is 0 Å². The number of halogens is 2. The van der Waals surface area contributed by atoms with Gasteiger partial charge in [0.05, 0.1) is 5.88 Å². The predicted molar refractivity (Wildman–Crippen MR) is 65.8 cm³/mol. The van der Waals surface area contributed by atoms with Crippen LogP contribution in [0.15, 0.2) is 18.2 Å². The Morgan fingerprint density at radius 3 is 2.92 bits per heavy atom. The maximum Gasteiger partial charge on any atom is 0.176 e. The second-order valence-electron chi connectivity index (χ2n) is 2.66. The van der Waals surface area contributed by atoms with Gasteiger partial charge in [-0.2, -0.15) is 0 Å².